The summed E-state index contributed by atoms with van der Waals surface area (Å²) in [5.41, 5.74) is 8.43. The molecule has 3 heteroatoms. The number of rotatable bonds is 2. The van der Waals surface area contributed by atoms with E-state index < -0.39 is 0 Å². The van der Waals surface area contributed by atoms with Crippen LogP contribution in [0.1, 0.15) is 33.4 Å². The average molecular weight is 280 g/mol. The second-order valence-electron chi connectivity index (χ2n) is 5.67. The van der Waals surface area contributed by atoms with Gasteiger partial charge in [-0.3, -0.25) is 0 Å². The van der Waals surface area contributed by atoms with E-state index in [2.05, 4.69) is 65.8 Å². The molecule has 21 heavy (non-hydrogen) atoms. The Hall–Kier alpha value is -0.148. The van der Waals surface area contributed by atoms with Crippen LogP contribution >= 0.6 is 0 Å². The molecule has 0 aliphatic rings. The molecular formula is C18H22Li2Si+. The van der Waals surface area contributed by atoms with E-state index in [9.17, 15) is 0 Å². The number of benzene rings is 2. The van der Waals surface area contributed by atoms with Crippen molar-refractivity contribution in [3.8, 4) is 0 Å². The van der Waals surface area contributed by atoms with Crippen LogP contribution in [0.15, 0.2) is 24.3 Å². The Morgan fingerprint density at radius 2 is 0.762 bits per heavy atom. The monoisotopic (exact) mass is 280 g/mol. The first kappa shape index (κ1) is 20.9. The zero-order valence-electron chi connectivity index (χ0n) is 14.8. The first-order valence-electron chi connectivity index (χ1n) is 6.81. The second kappa shape index (κ2) is 8.48. The second-order valence-corrected chi connectivity index (χ2v) is 6.92. The fraction of sp³-hybridized carbons (Fsp3) is 0.333. The van der Waals surface area contributed by atoms with E-state index in [1.165, 1.54) is 43.8 Å². The Morgan fingerprint density at radius 3 is 1.00 bits per heavy atom. The van der Waals surface area contributed by atoms with Gasteiger partial charge in [0.1, 0.15) is 0 Å². The van der Waals surface area contributed by atoms with Crippen LogP contribution in [0, 0.1) is 41.5 Å². The van der Waals surface area contributed by atoms with Crippen molar-refractivity contribution in [3.63, 3.8) is 0 Å². The molecule has 0 nitrogen and oxygen atoms in total. The van der Waals surface area contributed by atoms with Gasteiger partial charge in [-0.25, -0.2) is 10.4 Å². The Morgan fingerprint density at radius 1 is 0.524 bits per heavy atom. The molecular weight excluding hydrogens is 258 g/mol. The van der Waals surface area contributed by atoms with E-state index in [0.29, 0.717) is 0 Å². The van der Waals surface area contributed by atoms with Crippen LogP contribution in [-0.4, -0.2) is 9.52 Å². The van der Waals surface area contributed by atoms with E-state index in [0.717, 1.165) is 9.52 Å². The maximum Gasteiger partial charge on any atom is 1.00 e. The Kier molecular flexibility index (Phi) is 8.42. The smallest absolute Gasteiger partial charge is 0.395 e. The van der Waals surface area contributed by atoms with Gasteiger partial charge < -0.3 is 9.52 Å². The minimum Gasteiger partial charge on any atom is -0.395 e. The molecule has 0 saturated heterocycles. The quantitative estimate of drug-likeness (QED) is 0.522. The molecule has 0 aromatic heterocycles. The van der Waals surface area contributed by atoms with Crippen molar-refractivity contribution in [2.45, 2.75) is 41.5 Å². The minimum absolute atomic E-state index is 0. The molecule has 0 spiro atoms. The number of aryl methyl sites for hydroxylation is 6. The van der Waals surface area contributed by atoms with Gasteiger partial charge in [0.25, 0.3) is 0 Å². The summed E-state index contributed by atoms with van der Waals surface area (Å²) < 4.78 is 0. The van der Waals surface area contributed by atoms with E-state index in [1.807, 2.05) is 0 Å². The molecule has 0 unspecified atom stereocenters. The van der Waals surface area contributed by atoms with Crippen molar-refractivity contribution >= 4 is 19.9 Å². The number of hydrogen-bond acceptors (Lipinski definition) is 0. The maximum absolute atomic E-state index is 2.30. The largest absolute Gasteiger partial charge is 1.00 e. The van der Waals surface area contributed by atoms with Crippen LogP contribution in [0.25, 0.3) is 0 Å². The van der Waals surface area contributed by atoms with Gasteiger partial charge in [0.15, 0.2) is 0 Å². The molecule has 0 saturated carbocycles. The van der Waals surface area contributed by atoms with E-state index in [-0.39, 0.29) is 37.7 Å². The van der Waals surface area contributed by atoms with Crippen LogP contribution in [0.5, 0.6) is 0 Å². The molecule has 0 N–H and O–H groups in total. The average Bonchev–Trinajstić information content (AvgIpc) is 2.25. The fourth-order valence-electron chi connectivity index (χ4n) is 2.88. The van der Waals surface area contributed by atoms with Crippen molar-refractivity contribution in [3.05, 3.63) is 57.6 Å². The van der Waals surface area contributed by atoms with E-state index in [1.54, 1.807) is 0 Å². The summed E-state index contributed by atoms with van der Waals surface area (Å²) in [7, 11) is 0.765. The van der Waals surface area contributed by atoms with Gasteiger partial charge in [-0.2, -0.15) is 0 Å². The van der Waals surface area contributed by atoms with Gasteiger partial charge >= 0.3 is 37.7 Å². The van der Waals surface area contributed by atoms with Gasteiger partial charge in [-0.1, -0.05) is 57.6 Å². The summed E-state index contributed by atoms with van der Waals surface area (Å²) in [5.74, 6) is 0. The molecule has 0 aliphatic carbocycles. The first-order valence-corrected chi connectivity index (χ1v) is 7.81. The van der Waals surface area contributed by atoms with Crippen molar-refractivity contribution in [1.82, 2.24) is 0 Å². The summed E-state index contributed by atoms with van der Waals surface area (Å²) in [4.78, 5) is 0. The molecule has 99 valence electrons. The fourth-order valence-corrected chi connectivity index (χ4v) is 4.21. The number of hydrogen-bond donors (Lipinski definition) is 0. The Balaban J connectivity index is 0.00000200. The molecule has 0 bridgehead atoms. The SMILES string of the molecule is Cc1cc(C)c([Si-]c2c(C)cc(C)cc2C)c(C)c1.[Li+].[Li+]. The van der Waals surface area contributed by atoms with Crippen LogP contribution < -0.4 is 48.1 Å². The van der Waals surface area contributed by atoms with Crippen molar-refractivity contribution in [2.24, 2.45) is 0 Å². The Bertz CT molecular complexity index is 532. The molecule has 0 aliphatic heterocycles. The molecule has 0 fully saturated rings. The summed E-state index contributed by atoms with van der Waals surface area (Å²) in [5, 5.41) is 3.03. The summed E-state index contributed by atoms with van der Waals surface area (Å²) in [6.07, 6.45) is 0. The maximum atomic E-state index is 2.30. The first-order chi connectivity index (χ1) is 8.88. The van der Waals surface area contributed by atoms with Gasteiger partial charge in [-0.05, 0) is 41.5 Å². The van der Waals surface area contributed by atoms with Gasteiger partial charge in [0.05, 0.1) is 0 Å². The third-order valence-electron chi connectivity index (χ3n) is 3.60. The molecule has 2 rings (SSSR count). The topological polar surface area (TPSA) is 0 Å². The standard InChI is InChI=1S/C18H22Si.2Li/c1-11-7-13(3)17(14(4)8-11)19-18-15(5)9-12(2)10-16(18)6;;/h7-10H,1-6H3;;/q-1;2*+1. The third-order valence-corrected chi connectivity index (χ3v) is 5.68. The molecule has 0 heterocycles. The molecule has 2 aromatic carbocycles. The van der Waals surface area contributed by atoms with Gasteiger partial charge in [0.2, 0.25) is 0 Å². The van der Waals surface area contributed by atoms with Gasteiger partial charge in [0, 0.05) is 0 Å². The molecule has 2 aromatic rings. The van der Waals surface area contributed by atoms with Gasteiger partial charge in [-0.15, -0.1) is 0 Å². The molecule has 0 amide bonds. The summed E-state index contributed by atoms with van der Waals surface area (Å²) in [6.45, 7) is 13.3. The van der Waals surface area contributed by atoms with Crippen molar-refractivity contribution < 1.29 is 37.7 Å². The van der Waals surface area contributed by atoms with Crippen LogP contribution in [0.3, 0.4) is 0 Å². The van der Waals surface area contributed by atoms with Crippen LogP contribution in [0.4, 0.5) is 0 Å². The zero-order chi connectivity index (χ0) is 14.2. The van der Waals surface area contributed by atoms with Crippen molar-refractivity contribution in [2.75, 3.05) is 0 Å². The normalized spacial score (nSPS) is 9.62. The van der Waals surface area contributed by atoms with Crippen LogP contribution in [0.2, 0.25) is 0 Å². The summed E-state index contributed by atoms with van der Waals surface area (Å²) >= 11 is 0. The predicted molar refractivity (Wildman–Crippen MR) is 86.3 cm³/mol. The minimum atomic E-state index is 0. The predicted octanol–water partition coefficient (Wildman–Crippen LogP) is -2.80. The molecule has 0 atom stereocenters. The van der Waals surface area contributed by atoms with E-state index >= 15 is 0 Å². The van der Waals surface area contributed by atoms with Crippen molar-refractivity contribution in [1.29, 1.82) is 0 Å². The Labute approximate surface area is 156 Å². The van der Waals surface area contributed by atoms with Crippen LogP contribution in [-0.2, 0) is 0 Å². The molecule has 1 radical (unpaired) electrons. The summed E-state index contributed by atoms with van der Waals surface area (Å²) in [6, 6.07) is 9.20. The zero-order valence-corrected chi connectivity index (χ0v) is 15.8. The van der Waals surface area contributed by atoms with E-state index in [4.69, 9.17) is 0 Å². The third kappa shape index (κ3) is 4.92.